The van der Waals surface area contributed by atoms with Gasteiger partial charge in [0.1, 0.15) is 6.00 Å². The number of carbonyl (C=O) groups is 2. The molecule has 1 heterocycles. The van der Waals surface area contributed by atoms with Gasteiger partial charge in [-0.05, 0) is 13.0 Å². The Morgan fingerprint density at radius 1 is 1.25 bits per heavy atom. The van der Waals surface area contributed by atoms with E-state index in [1.165, 1.54) is 4.90 Å². The number of rotatable bonds is 2. The lowest BCUT2D eigenvalue weighted by atomic mass is 9.74. The van der Waals surface area contributed by atoms with E-state index in [1.54, 1.807) is 20.9 Å². The summed E-state index contributed by atoms with van der Waals surface area (Å²) in [6, 6.07) is -1.00. The van der Waals surface area contributed by atoms with Crippen LogP contribution in [-0.2, 0) is 18.9 Å². The van der Waals surface area contributed by atoms with Gasteiger partial charge in [0.05, 0.1) is 13.1 Å². The van der Waals surface area contributed by atoms with Gasteiger partial charge in [0.25, 0.3) is 0 Å². The van der Waals surface area contributed by atoms with Crippen LogP contribution in [0.5, 0.6) is 0 Å². The second-order valence-electron chi connectivity index (χ2n) is 4.26. The van der Waals surface area contributed by atoms with Crippen LogP contribution in [0.3, 0.4) is 0 Å². The maximum atomic E-state index is 11.3. The van der Waals surface area contributed by atoms with Crippen molar-refractivity contribution in [3.05, 3.63) is 0 Å². The molecule has 0 radical (unpaired) electrons. The number of carbonyl (C=O) groups excluding carboxylic acids is 2. The maximum Gasteiger partial charge on any atom is 0.629 e. The van der Waals surface area contributed by atoms with Crippen LogP contribution in [0.1, 0.15) is 13.8 Å². The standard InChI is InChI=1S/C9H16BNO5/c1-6(2)9(14)10-15-7(12)4-11(3)5-8(13)16-10/h6,9,14H,4-5H2,1-3H3. The third kappa shape index (κ3) is 3.50. The summed E-state index contributed by atoms with van der Waals surface area (Å²) in [6.45, 7) is 3.52. The Bertz CT molecular complexity index is 263. The van der Waals surface area contributed by atoms with Crippen molar-refractivity contribution in [2.75, 3.05) is 20.1 Å². The third-order valence-electron chi connectivity index (χ3n) is 2.26. The van der Waals surface area contributed by atoms with Crippen LogP contribution in [0.15, 0.2) is 0 Å². The minimum atomic E-state index is -1.20. The zero-order chi connectivity index (χ0) is 12.3. The highest BCUT2D eigenvalue weighted by atomic mass is 16.6. The predicted molar refractivity (Wildman–Crippen MR) is 56.3 cm³/mol. The summed E-state index contributed by atoms with van der Waals surface area (Å²) in [7, 11) is 0.413. The summed E-state index contributed by atoms with van der Waals surface area (Å²) in [5.74, 6) is -1.19. The minimum absolute atomic E-state index is 0.0103. The van der Waals surface area contributed by atoms with Gasteiger partial charge in [-0.25, -0.2) is 0 Å². The topological polar surface area (TPSA) is 76.1 Å². The van der Waals surface area contributed by atoms with Gasteiger partial charge < -0.3 is 14.4 Å². The fourth-order valence-electron chi connectivity index (χ4n) is 1.31. The summed E-state index contributed by atoms with van der Waals surface area (Å²) in [5, 5.41) is 9.70. The molecule has 90 valence electrons. The van der Waals surface area contributed by atoms with Crippen molar-refractivity contribution in [3.8, 4) is 0 Å². The third-order valence-corrected chi connectivity index (χ3v) is 2.26. The van der Waals surface area contributed by atoms with E-state index in [1.807, 2.05) is 0 Å². The molecule has 0 amide bonds. The average molecular weight is 229 g/mol. The Morgan fingerprint density at radius 3 is 2.06 bits per heavy atom. The number of nitrogens with zero attached hydrogens (tertiary/aromatic N) is 1. The summed E-state index contributed by atoms with van der Waals surface area (Å²) >= 11 is 0. The monoisotopic (exact) mass is 229 g/mol. The highest BCUT2D eigenvalue weighted by Crippen LogP contribution is 2.10. The smallest absolute Gasteiger partial charge is 0.497 e. The first-order valence-electron chi connectivity index (χ1n) is 5.15. The number of hydrogen-bond acceptors (Lipinski definition) is 6. The van der Waals surface area contributed by atoms with Gasteiger partial charge in [-0.3, -0.25) is 14.5 Å². The van der Waals surface area contributed by atoms with Crippen LogP contribution in [0.2, 0.25) is 0 Å². The highest BCUT2D eigenvalue weighted by molar-refractivity contribution is 6.50. The van der Waals surface area contributed by atoms with Crippen molar-refractivity contribution in [1.29, 1.82) is 0 Å². The van der Waals surface area contributed by atoms with Crippen LogP contribution in [0, 0.1) is 5.92 Å². The Balaban J connectivity index is 2.70. The van der Waals surface area contributed by atoms with Gasteiger partial charge in [0.2, 0.25) is 0 Å². The van der Waals surface area contributed by atoms with E-state index in [0.29, 0.717) is 0 Å². The molecule has 1 unspecified atom stereocenters. The number of aliphatic hydroxyl groups excluding tert-OH is 1. The predicted octanol–water partition coefficient (Wildman–Crippen LogP) is -0.937. The summed E-state index contributed by atoms with van der Waals surface area (Å²) in [4.78, 5) is 24.1. The molecule has 0 aromatic heterocycles. The summed E-state index contributed by atoms with van der Waals surface area (Å²) in [5.41, 5.74) is 0. The van der Waals surface area contributed by atoms with Crippen molar-refractivity contribution >= 4 is 19.1 Å². The normalized spacial score (nSPS) is 21.2. The van der Waals surface area contributed by atoms with Crippen LogP contribution in [-0.4, -0.2) is 55.2 Å². The highest BCUT2D eigenvalue weighted by Gasteiger charge is 2.40. The van der Waals surface area contributed by atoms with Crippen molar-refractivity contribution in [2.24, 2.45) is 5.92 Å². The molecule has 0 aliphatic carbocycles. The molecule has 7 heteroatoms. The first kappa shape index (κ1) is 13.0. The zero-order valence-corrected chi connectivity index (χ0v) is 9.67. The Hall–Kier alpha value is -1.08. The largest absolute Gasteiger partial charge is 0.629 e. The lowest BCUT2D eigenvalue weighted by Crippen LogP contribution is -2.49. The first-order chi connectivity index (χ1) is 7.40. The molecule has 1 aliphatic heterocycles. The molecule has 1 fully saturated rings. The molecule has 1 aliphatic rings. The second-order valence-corrected chi connectivity index (χ2v) is 4.26. The lowest BCUT2D eigenvalue weighted by Gasteiger charge is -2.25. The van der Waals surface area contributed by atoms with Crippen molar-refractivity contribution in [1.82, 2.24) is 4.90 Å². The molecular formula is C9H16BNO5. The van der Waals surface area contributed by atoms with Crippen molar-refractivity contribution in [2.45, 2.75) is 19.9 Å². The molecule has 0 aromatic carbocycles. The Labute approximate surface area is 94.6 Å². The molecule has 16 heavy (non-hydrogen) atoms. The van der Waals surface area contributed by atoms with Gasteiger partial charge in [-0.2, -0.15) is 0 Å². The number of aliphatic hydroxyl groups is 1. The fraction of sp³-hybridized carbons (Fsp3) is 0.778. The van der Waals surface area contributed by atoms with Crippen molar-refractivity contribution in [3.63, 3.8) is 0 Å². The van der Waals surface area contributed by atoms with E-state index in [-0.39, 0.29) is 19.0 Å². The molecule has 0 spiro atoms. The minimum Gasteiger partial charge on any atom is -0.497 e. The van der Waals surface area contributed by atoms with Gasteiger partial charge in [-0.1, -0.05) is 13.8 Å². The van der Waals surface area contributed by atoms with Crippen LogP contribution >= 0.6 is 0 Å². The SMILES string of the molecule is CC(C)C(O)B1OC(=O)CN(C)CC(=O)O1. The van der Waals surface area contributed by atoms with E-state index in [0.717, 1.165) is 0 Å². The molecule has 1 atom stereocenters. The van der Waals surface area contributed by atoms with Crippen molar-refractivity contribution < 1.29 is 24.0 Å². The molecule has 0 aromatic rings. The summed E-state index contributed by atoms with van der Waals surface area (Å²) < 4.78 is 9.76. The van der Waals surface area contributed by atoms with Crippen LogP contribution in [0.25, 0.3) is 0 Å². The molecule has 0 bridgehead atoms. The van der Waals surface area contributed by atoms with Gasteiger partial charge in [-0.15, -0.1) is 0 Å². The first-order valence-corrected chi connectivity index (χ1v) is 5.15. The Kier molecular flexibility index (Phi) is 4.31. The average Bonchev–Trinajstić information content (AvgIpc) is 2.12. The van der Waals surface area contributed by atoms with Gasteiger partial charge in [0.15, 0.2) is 0 Å². The van der Waals surface area contributed by atoms with E-state index in [9.17, 15) is 14.7 Å². The van der Waals surface area contributed by atoms with E-state index in [4.69, 9.17) is 9.31 Å². The van der Waals surface area contributed by atoms with E-state index in [2.05, 4.69) is 0 Å². The number of likely N-dealkylation sites (N-methyl/N-ethyl adjacent to an activating group) is 1. The lowest BCUT2D eigenvalue weighted by molar-refractivity contribution is -0.147. The fourth-order valence-corrected chi connectivity index (χ4v) is 1.31. The summed E-state index contributed by atoms with van der Waals surface area (Å²) in [6.07, 6.45) is 0. The maximum absolute atomic E-state index is 11.3. The Morgan fingerprint density at radius 2 is 1.69 bits per heavy atom. The van der Waals surface area contributed by atoms with Crippen LogP contribution in [0.4, 0.5) is 0 Å². The van der Waals surface area contributed by atoms with E-state index >= 15 is 0 Å². The molecule has 6 nitrogen and oxygen atoms in total. The zero-order valence-electron chi connectivity index (χ0n) is 9.67. The quantitative estimate of drug-likeness (QED) is 0.616. The molecule has 1 rings (SSSR count). The number of hydrogen-bond donors (Lipinski definition) is 1. The second kappa shape index (κ2) is 5.31. The van der Waals surface area contributed by atoms with E-state index < -0.39 is 25.1 Å². The van der Waals surface area contributed by atoms with Gasteiger partial charge >= 0.3 is 19.1 Å². The molecule has 1 N–H and O–H groups in total. The molecule has 0 saturated carbocycles. The molecule has 1 saturated heterocycles. The van der Waals surface area contributed by atoms with Crippen LogP contribution < -0.4 is 0 Å². The molecular weight excluding hydrogens is 213 g/mol. The van der Waals surface area contributed by atoms with Gasteiger partial charge in [0, 0.05) is 0 Å².